The third-order valence-electron chi connectivity index (χ3n) is 3.56. The van der Waals surface area contributed by atoms with Crippen molar-refractivity contribution in [3.05, 3.63) is 34.3 Å². The zero-order valence-corrected chi connectivity index (χ0v) is 12.6. The maximum absolute atomic E-state index is 12.5. The van der Waals surface area contributed by atoms with Gasteiger partial charge in [-0.2, -0.15) is 0 Å². The number of benzene rings is 1. The summed E-state index contributed by atoms with van der Waals surface area (Å²) in [4.78, 5) is 14.4. The Hall–Kier alpha value is -0.770. The van der Waals surface area contributed by atoms with Crippen LogP contribution in [0.2, 0.25) is 5.02 Å². The fraction of sp³-hybridized carbons (Fsp3) is 0.500. The Labute approximate surface area is 125 Å². The number of hydrogen-bond acceptors (Lipinski definition) is 2. The Morgan fingerprint density at radius 2 is 2.21 bits per heavy atom. The molecule has 1 amide bonds. The number of nitrogens with two attached hydrogens (primary N) is 1. The minimum Gasteiger partial charge on any atom is -0.334 e. The first-order chi connectivity index (χ1) is 8.63. The molecule has 2 rings (SSSR count). The van der Waals surface area contributed by atoms with Crippen molar-refractivity contribution < 1.29 is 4.79 Å². The molecule has 3 nitrogen and oxygen atoms in total. The summed E-state index contributed by atoms with van der Waals surface area (Å²) in [7, 11) is 0. The molecule has 19 heavy (non-hydrogen) atoms. The zero-order chi connectivity index (χ0) is 13.1. The lowest BCUT2D eigenvalue weighted by atomic mass is 10.0. The van der Waals surface area contributed by atoms with Gasteiger partial charge in [0.1, 0.15) is 0 Å². The molecule has 106 valence electrons. The Balaban J connectivity index is 0.00000180. The van der Waals surface area contributed by atoms with Crippen molar-refractivity contribution in [2.45, 2.75) is 32.2 Å². The largest absolute Gasteiger partial charge is 0.334 e. The highest BCUT2D eigenvalue weighted by Gasteiger charge is 2.26. The number of hydrogen-bond donors (Lipinski definition) is 1. The highest BCUT2D eigenvalue weighted by molar-refractivity contribution is 6.31. The summed E-state index contributed by atoms with van der Waals surface area (Å²) in [5.41, 5.74) is 7.39. The number of carbonyl (C=O) groups is 1. The van der Waals surface area contributed by atoms with Gasteiger partial charge in [-0.3, -0.25) is 4.79 Å². The number of halogens is 2. The van der Waals surface area contributed by atoms with Crippen LogP contribution in [0.5, 0.6) is 0 Å². The second-order valence-electron chi connectivity index (χ2n) is 4.85. The van der Waals surface area contributed by atoms with Crippen LogP contribution in [0.1, 0.15) is 35.2 Å². The molecule has 1 unspecified atom stereocenters. The van der Waals surface area contributed by atoms with Crippen LogP contribution in [-0.4, -0.2) is 29.9 Å². The molecule has 2 N–H and O–H groups in total. The van der Waals surface area contributed by atoms with Crippen LogP contribution < -0.4 is 5.73 Å². The second kappa shape index (κ2) is 7.13. The number of amides is 1. The lowest BCUT2D eigenvalue weighted by molar-refractivity contribution is 0.0623. The summed E-state index contributed by atoms with van der Waals surface area (Å²) >= 11 is 5.98. The van der Waals surface area contributed by atoms with Crippen molar-refractivity contribution in [2.75, 3.05) is 13.1 Å². The van der Waals surface area contributed by atoms with Gasteiger partial charge in [0.2, 0.25) is 0 Å². The van der Waals surface area contributed by atoms with E-state index in [1.54, 1.807) is 12.1 Å². The Kier molecular flexibility index (Phi) is 6.11. The highest BCUT2D eigenvalue weighted by Crippen LogP contribution is 2.21. The van der Waals surface area contributed by atoms with Gasteiger partial charge in [0, 0.05) is 29.7 Å². The topological polar surface area (TPSA) is 46.3 Å². The van der Waals surface area contributed by atoms with Gasteiger partial charge in [-0.25, -0.2) is 0 Å². The number of aryl methyl sites for hydroxylation is 1. The van der Waals surface area contributed by atoms with E-state index in [0.717, 1.165) is 31.4 Å². The minimum atomic E-state index is 0. The van der Waals surface area contributed by atoms with Crippen molar-refractivity contribution in [3.8, 4) is 0 Å². The van der Waals surface area contributed by atoms with E-state index in [9.17, 15) is 4.79 Å². The van der Waals surface area contributed by atoms with Gasteiger partial charge in [-0.05, 0) is 49.9 Å². The average molecular weight is 303 g/mol. The molecular weight excluding hydrogens is 283 g/mol. The van der Waals surface area contributed by atoms with Gasteiger partial charge in [0.25, 0.3) is 5.91 Å². The third kappa shape index (κ3) is 3.62. The molecule has 0 radical (unpaired) electrons. The molecule has 0 aromatic heterocycles. The fourth-order valence-electron chi connectivity index (χ4n) is 2.46. The minimum absolute atomic E-state index is 0. The monoisotopic (exact) mass is 302 g/mol. The van der Waals surface area contributed by atoms with Crippen LogP contribution in [-0.2, 0) is 0 Å². The number of rotatable bonds is 2. The van der Waals surface area contributed by atoms with Crippen molar-refractivity contribution in [1.82, 2.24) is 4.90 Å². The molecule has 0 spiro atoms. The molecule has 1 fully saturated rings. The Morgan fingerprint density at radius 1 is 1.47 bits per heavy atom. The van der Waals surface area contributed by atoms with Crippen LogP contribution in [0, 0.1) is 6.92 Å². The van der Waals surface area contributed by atoms with E-state index >= 15 is 0 Å². The molecule has 0 bridgehead atoms. The van der Waals surface area contributed by atoms with Gasteiger partial charge >= 0.3 is 0 Å². The van der Waals surface area contributed by atoms with Crippen molar-refractivity contribution in [2.24, 2.45) is 5.73 Å². The normalized spacial score (nSPS) is 18.9. The Morgan fingerprint density at radius 3 is 2.84 bits per heavy atom. The summed E-state index contributed by atoms with van der Waals surface area (Å²) in [5.74, 6) is 0.0740. The first kappa shape index (κ1) is 16.3. The standard InChI is InChI=1S/C14H19ClN2O.ClH/c1-10-8-11(5-6-13(10)15)14(18)17-7-3-2-4-12(17)9-16;/h5-6,8,12H,2-4,7,9,16H2,1H3;1H. The van der Waals surface area contributed by atoms with E-state index in [1.807, 2.05) is 17.9 Å². The van der Waals surface area contributed by atoms with Gasteiger partial charge in [-0.1, -0.05) is 11.6 Å². The van der Waals surface area contributed by atoms with Gasteiger partial charge in [0.05, 0.1) is 0 Å². The van der Waals surface area contributed by atoms with E-state index in [2.05, 4.69) is 0 Å². The molecule has 0 saturated carbocycles. The van der Waals surface area contributed by atoms with Crippen LogP contribution in [0.25, 0.3) is 0 Å². The molecule has 1 aliphatic rings. The van der Waals surface area contributed by atoms with Gasteiger partial charge < -0.3 is 10.6 Å². The number of carbonyl (C=O) groups excluding carboxylic acids is 1. The molecule has 0 aliphatic carbocycles. The van der Waals surface area contributed by atoms with Crippen molar-refractivity contribution in [3.63, 3.8) is 0 Å². The van der Waals surface area contributed by atoms with E-state index in [1.165, 1.54) is 0 Å². The molecule has 1 atom stereocenters. The molecule has 1 saturated heterocycles. The summed E-state index contributed by atoms with van der Waals surface area (Å²) < 4.78 is 0. The maximum Gasteiger partial charge on any atom is 0.254 e. The van der Waals surface area contributed by atoms with Crippen LogP contribution in [0.3, 0.4) is 0 Å². The van der Waals surface area contributed by atoms with Crippen molar-refractivity contribution in [1.29, 1.82) is 0 Å². The van der Waals surface area contributed by atoms with E-state index in [0.29, 0.717) is 17.1 Å². The lowest BCUT2D eigenvalue weighted by Crippen LogP contribution is -2.47. The van der Waals surface area contributed by atoms with Crippen LogP contribution in [0.4, 0.5) is 0 Å². The second-order valence-corrected chi connectivity index (χ2v) is 5.26. The fourth-order valence-corrected chi connectivity index (χ4v) is 2.57. The number of likely N-dealkylation sites (tertiary alicyclic amines) is 1. The zero-order valence-electron chi connectivity index (χ0n) is 11.1. The summed E-state index contributed by atoms with van der Waals surface area (Å²) in [6, 6.07) is 5.61. The summed E-state index contributed by atoms with van der Waals surface area (Å²) in [6.45, 7) is 3.26. The summed E-state index contributed by atoms with van der Waals surface area (Å²) in [5, 5.41) is 0.695. The lowest BCUT2D eigenvalue weighted by Gasteiger charge is -2.35. The molecule has 5 heteroatoms. The van der Waals surface area contributed by atoms with Crippen molar-refractivity contribution >= 4 is 29.9 Å². The van der Waals surface area contributed by atoms with E-state index in [-0.39, 0.29) is 24.4 Å². The van der Waals surface area contributed by atoms with E-state index in [4.69, 9.17) is 17.3 Å². The summed E-state index contributed by atoms with van der Waals surface area (Å²) in [6.07, 6.45) is 3.23. The quantitative estimate of drug-likeness (QED) is 0.913. The van der Waals surface area contributed by atoms with E-state index < -0.39 is 0 Å². The molecule has 1 heterocycles. The van der Waals surface area contributed by atoms with Crippen LogP contribution in [0.15, 0.2) is 18.2 Å². The molecular formula is C14H20Cl2N2O. The number of piperidine rings is 1. The molecule has 1 aliphatic heterocycles. The predicted molar refractivity (Wildman–Crippen MR) is 81.2 cm³/mol. The molecule has 1 aromatic rings. The molecule has 1 aromatic carbocycles. The SMILES string of the molecule is Cc1cc(C(=O)N2CCCCC2CN)ccc1Cl.Cl. The van der Waals surface area contributed by atoms with Gasteiger partial charge in [0.15, 0.2) is 0 Å². The smallest absolute Gasteiger partial charge is 0.254 e. The first-order valence-electron chi connectivity index (χ1n) is 6.40. The third-order valence-corrected chi connectivity index (χ3v) is 3.99. The predicted octanol–water partition coefficient (Wildman–Crippen LogP) is 3.02. The maximum atomic E-state index is 12.5. The highest BCUT2D eigenvalue weighted by atomic mass is 35.5. The Bertz CT molecular complexity index is 451. The first-order valence-corrected chi connectivity index (χ1v) is 6.78. The van der Waals surface area contributed by atoms with Crippen LogP contribution >= 0.6 is 24.0 Å². The average Bonchev–Trinajstić information content (AvgIpc) is 2.41. The number of nitrogens with zero attached hydrogens (tertiary/aromatic N) is 1. The van der Waals surface area contributed by atoms with Gasteiger partial charge in [-0.15, -0.1) is 12.4 Å².